The van der Waals surface area contributed by atoms with E-state index in [1.54, 1.807) is 0 Å². The molecule has 0 aliphatic heterocycles. The Morgan fingerprint density at radius 3 is 2.04 bits per heavy atom. The van der Waals surface area contributed by atoms with Crippen molar-refractivity contribution in [2.45, 2.75) is 40.5 Å². The molecule has 0 spiro atoms. The minimum atomic E-state index is -4.94. The van der Waals surface area contributed by atoms with Gasteiger partial charge in [0.2, 0.25) is 0 Å². The zero-order valence-electron chi connectivity index (χ0n) is 13.2. The summed E-state index contributed by atoms with van der Waals surface area (Å²) in [6.45, 7) is 8.61. The van der Waals surface area contributed by atoms with Crippen LogP contribution in [0.25, 0.3) is 20.2 Å². The van der Waals surface area contributed by atoms with E-state index >= 15 is 0 Å². The maximum atomic E-state index is 8.49. The molecule has 0 aliphatic rings. The standard InChI is InChI=1S/C15H17OS2.ClHO4/c1-5-11-13-10-7-8(3)16-9(4)14(10)18-15(13)12(6-2)17-11;2-1(3,4)5/h7H,5-6H2,1-4H3;(H,2,3,4,5)/q+1;/p-1. The van der Waals surface area contributed by atoms with Crippen molar-refractivity contribution in [3.8, 4) is 0 Å². The summed E-state index contributed by atoms with van der Waals surface area (Å²) in [7, 11) is -4.94. The summed E-state index contributed by atoms with van der Waals surface area (Å²) >= 11 is 3.89. The van der Waals surface area contributed by atoms with Gasteiger partial charge in [0.1, 0.15) is 4.70 Å². The average molecular weight is 377 g/mol. The summed E-state index contributed by atoms with van der Waals surface area (Å²) in [4.78, 5) is 3.05. The Hall–Kier alpha value is -0.800. The highest BCUT2D eigenvalue weighted by Gasteiger charge is 2.21. The lowest BCUT2D eigenvalue weighted by Gasteiger charge is -2.17. The number of thiophene rings is 2. The average Bonchev–Trinajstić information content (AvgIpc) is 2.94. The summed E-state index contributed by atoms with van der Waals surface area (Å²) < 4.78 is 42.5. The molecule has 0 saturated carbocycles. The SMILES string of the molecule is CCc1sc(CC)c2c1sc1c(C)[o+]c(C)cc12.[O-][Cl+3]([O-])([O-])[O-]. The third-order valence-electron chi connectivity index (χ3n) is 3.35. The van der Waals surface area contributed by atoms with E-state index in [1.807, 2.05) is 29.6 Å². The lowest BCUT2D eigenvalue weighted by Crippen LogP contribution is -2.68. The van der Waals surface area contributed by atoms with E-state index in [0.717, 1.165) is 24.4 Å². The maximum absolute atomic E-state index is 8.49. The number of fused-ring (bicyclic) bond motifs is 3. The highest BCUT2D eigenvalue weighted by molar-refractivity contribution is 7.29. The minimum absolute atomic E-state index is 1.01. The number of hydrogen-bond donors (Lipinski definition) is 0. The Labute approximate surface area is 144 Å². The van der Waals surface area contributed by atoms with Gasteiger partial charge in [0.05, 0.1) is 18.5 Å². The van der Waals surface area contributed by atoms with Gasteiger partial charge >= 0.3 is 11.5 Å². The van der Waals surface area contributed by atoms with E-state index in [2.05, 4.69) is 26.8 Å². The number of aryl methyl sites for hydroxylation is 4. The van der Waals surface area contributed by atoms with Crippen molar-refractivity contribution in [3.63, 3.8) is 0 Å². The highest BCUT2D eigenvalue weighted by atomic mass is 35.7. The molecule has 0 amide bonds. The molecule has 0 bridgehead atoms. The van der Waals surface area contributed by atoms with Crippen LogP contribution in [0.15, 0.2) is 10.5 Å². The van der Waals surface area contributed by atoms with E-state index in [1.165, 1.54) is 29.9 Å². The van der Waals surface area contributed by atoms with Gasteiger partial charge in [0.15, 0.2) is 0 Å². The fourth-order valence-electron chi connectivity index (χ4n) is 2.56. The van der Waals surface area contributed by atoms with Crippen molar-refractivity contribution in [1.82, 2.24) is 0 Å². The van der Waals surface area contributed by atoms with E-state index in [4.69, 9.17) is 23.1 Å². The Bertz CT molecular complexity index is 826. The lowest BCUT2D eigenvalue weighted by molar-refractivity contribution is -2.00. The zero-order valence-corrected chi connectivity index (χ0v) is 15.6. The van der Waals surface area contributed by atoms with Crippen molar-refractivity contribution < 1.29 is 33.3 Å². The van der Waals surface area contributed by atoms with Crippen LogP contribution in [-0.2, 0) is 12.8 Å². The molecule has 3 aromatic heterocycles. The molecular weight excluding hydrogens is 360 g/mol. The molecule has 0 aliphatic carbocycles. The third-order valence-corrected chi connectivity index (χ3v) is 6.32. The van der Waals surface area contributed by atoms with Gasteiger partial charge in [0.25, 0.3) is 0 Å². The molecular formula is C15H17ClO5S2. The van der Waals surface area contributed by atoms with E-state index in [9.17, 15) is 0 Å². The van der Waals surface area contributed by atoms with Gasteiger partial charge in [-0.3, -0.25) is 0 Å². The highest BCUT2D eigenvalue weighted by Crippen LogP contribution is 2.44. The van der Waals surface area contributed by atoms with Crippen molar-refractivity contribution in [3.05, 3.63) is 27.3 Å². The second kappa shape index (κ2) is 6.98. The van der Waals surface area contributed by atoms with Gasteiger partial charge in [-0.2, -0.15) is 0 Å². The molecule has 3 heterocycles. The largest absolute Gasteiger partial charge is 0.344 e. The first-order valence-corrected chi connectivity index (χ1v) is 9.91. The predicted molar refractivity (Wildman–Crippen MR) is 82.1 cm³/mol. The fraction of sp³-hybridized carbons (Fsp3) is 0.400. The summed E-state index contributed by atoms with van der Waals surface area (Å²) in [6.07, 6.45) is 2.25. The van der Waals surface area contributed by atoms with Crippen LogP contribution in [0.1, 0.15) is 35.1 Å². The third kappa shape index (κ3) is 4.19. The molecule has 5 nitrogen and oxygen atoms in total. The minimum Gasteiger partial charge on any atom is -0.222 e. The van der Waals surface area contributed by atoms with Crippen LogP contribution in [0.4, 0.5) is 0 Å². The second-order valence-electron chi connectivity index (χ2n) is 5.00. The fourth-order valence-corrected chi connectivity index (χ4v) is 5.23. The number of halogens is 1. The monoisotopic (exact) mass is 376 g/mol. The number of hydrogen-bond acceptors (Lipinski definition) is 6. The molecule has 0 aromatic carbocycles. The Balaban J connectivity index is 0.000000338. The molecule has 0 radical (unpaired) electrons. The van der Waals surface area contributed by atoms with Gasteiger partial charge in [-0.05, 0) is 12.8 Å². The van der Waals surface area contributed by atoms with Gasteiger partial charge < -0.3 is 0 Å². The van der Waals surface area contributed by atoms with Crippen molar-refractivity contribution >= 4 is 42.8 Å². The quantitative estimate of drug-likeness (QED) is 0.620. The van der Waals surface area contributed by atoms with Crippen LogP contribution in [-0.4, -0.2) is 0 Å². The molecule has 0 N–H and O–H groups in total. The molecule has 8 heteroatoms. The van der Waals surface area contributed by atoms with E-state index in [0.29, 0.717) is 0 Å². The summed E-state index contributed by atoms with van der Waals surface area (Å²) in [5.41, 5.74) is 0. The number of rotatable bonds is 2. The first kappa shape index (κ1) is 18.5. The maximum Gasteiger partial charge on any atom is 0.344 e. The van der Waals surface area contributed by atoms with Gasteiger partial charge in [-0.1, -0.05) is 13.8 Å². The van der Waals surface area contributed by atoms with E-state index < -0.39 is 10.2 Å². The van der Waals surface area contributed by atoms with Crippen molar-refractivity contribution in [2.75, 3.05) is 0 Å². The molecule has 23 heavy (non-hydrogen) atoms. The first-order valence-electron chi connectivity index (χ1n) is 7.04. The summed E-state index contributed by atoms with van der Waals surface area (Å²) in [5, 5.41) is 2.88. The second-order valence-corrected chi connectivity index (χ2v) is 7.96. The van der Waals surface area contributed by atoms with Crippen LogP contribution in [0.3, 0.4) is 0 Å². The molecule has 0 saturated heterocycles. The molecule has 0 atom stereocenters. The van der Waals surface area contributed by atoms with Gasteiger partial charge in [-0.25, -0.2) is 23.1 Å². The van der Waals surface area contributed by atoms with Crippen LogP contribution in [0, 0.1) is 24.1 Å². The van der Waals surface area contributed by atoms with Crippen LogP contribution >= 0.6 is 22.7 Å². The predicted octanol–water partition coefficient (Wildman–Crippen LogP) is 0.976. The van der Waals surface area contributed by atoms with Gasteiger partial charge in [0, 0.05) is 26.6 Å². The van der Waals surface area contributed by atoms with E-state index in [-0.39, 0.29) is 0 Å². The molecule has 3 rings (SSSR count). The van der Waals surface area contributed by atoms with Crippen LogP contribution < -0.4 is 18.6 Å². The molecule has 0 fully saturated rings. The Morgan fingerprint density at radius 2 is 1.52 bits per heavy atom. The lowest BCUT2D eigenvalue weighted by atomic mass is 10.1. The summed E-state index contributed by atoms with van der Waals surface area (Å²) in [5.74, 6) is 2.06. The molecule has 126 valence electrons. The normalized spacial score (nSPS) is 11.8. The zero-order chi connectivity index (χ0) is 17.4. The smallest absolute Gasteiger partial charge is 0.222 e. The Morgan fingerprint density at radius 1 is 0.957 bits per heavy atom. The van der Waals surface area contributed by atoms with Crippen LogP contribution in [0.2, 0.25) is 0 Å². The topological polar surface area (TPSA) is 104 Å². The van der Waals surface area contributed by atoms with Crippen molar-refractivity contribution in [2.24, 2.45) is 0 Å². The van der Waals surface area contributed by atoms with Gasteiger partial charge in [-0.15, -0.1) is 32.9 Å². The summed E-state index contributed by atoms with van der Waals surface area (Å²) in [6, 6.07) is 2.20. The molecule has 3 aromatic rings. The first-order chi connectivity index (χ1) is 10.7. The van der Waals surface area contributed by atoms with Crippen molar-refractivity contribution in [1.29, 1.82) is 0 Å². The Kier molecular flexibility index (Phi) is 5.63. The molecule has 0 unspecified atom stereocenters. The van der Waals surface area contributed by atoms with Crippen LogP contribution in [0.5, 0.6) is 0 Å².